The highest BCUT2D eigenvalue weighted by Gasteiger charge is 2.14. The van der Waals surface area contributed by atoms with Crippen molar-refractivity contribution in [1.29, 1.82) is 0 Å². The summed E-state index contributed by atoms with van der Waals surface area (Å²) in [7, 11) is 1.57. The van der Waals surface area contributed by atoms with Crippen molar-refractivity contribution in [3.8, 4) is 5.75 Å². The van der Waals surface area contributed by atoms with E-state index in [9.17, 15) is 4.79 Å². The van der Waals surface area contributed by atoms with Crippen LogP contribution in [0, 0.1) is 0 Å². The maximum Gasteiger partial charge on any atom is 0.407 e. The molecule has 0 spiro atoms. The molecule has 0 unspecified atom stereocenters. The lowest BCUT2D eigenvalue weighted by Crippen LogP contribution is -2.25. The average molecular weight is 303 g/mol. The molecule has 1 atom stereocenters. The number of carbonyl (C=O) groups is 1. The van der Waals surface area contributed by atoms with E-state index in [1.54, 1.807) is 26.3 Å². The quantitative estimate of drug-likeness (QED) is 0.929. The van der Waals surface area contributed by atoms with Gasteiger partial charge in [0.25, 0.3) is 0 Å². The number of nitrogens with zero attached hydrogens (tertiary/aromatic N) is 1. The summed E-state index contributed by atoms with van der Waals surface area (Å²) < 4.78 is 11.0. The van der Waals surface area contributed by atoms with Crippen molar-refractivity contribution >= 4 is 22.0 Å². The maximum absolute atomic E-state index is 11.2. The molecule has 6 heteroatoms. The molecule has 94 valence electrons. The van der Waals surface area contributed by atoms with E-state index in [0.29, 0.717) is 18.0 Å². The van der Waals surface area contributed by atoms with E-state index >= 15 is 0 Å². The van der Waals surface area contributed by atoms with Crippen molar-refractivity contribution < 1.29 is 14.3 Å². The molecule has 0 aliphatic carbocycles. The monoisotopic (exact) mass is 302 g/mol. The molecule has 0 aliphatic rings. The Bertz CT molecular complexity index is 398. The van der Waals surface area contributed by atoms with Gasteiger partial charge in [0.2, 0.25) is 0 Å². The van der Waals surface area contributed by atoms with Gasteiger partial charge in [0, 0.05) is 6.54 Å². The summed E-state index contributed by atoms with van der Waals surface area (Å²) in [5, 5.41) is 2.56. The normalized spacial score (nSPS) is 11.8. The number of amides is 1. The molecule has 1 aromatic rings. The lowest BCUT2D eigenvalue weighted by atomic mass is 10.2. The number of carbonyl (C=O) groups excluding carboxylic acids is 1. The molecule has 0 radical (unpaired) electrons. The van der Waals surface area contributed by atoms with Crippen molar-refractivity contribution in [3.63, 3.8) is 0 Å². The third-order valence-corrected chi connectivity index (χ3v) is 2.70. The van der Waals surface area contributed by atoms with E-state index in [4.69, 9.17) is 9.47 Å². The Morgan fingerprint density at radius 3 is 2.88 bits per heavy atom. The molecule has 0 saturated carbocycles. The number of methoxy groups -OCH3 is 1. The van der Waals surface area contributed by atoms with Crippen LogP contribution in [0.25, 0.3) is 0 Å². The van der Waals surface area contributed by atoms with Gasteiger partial charge in [-0.2, -0.15) is 0 Å². The first-order chi connectivity index (χ1) is 8.08. The first-order valence-corrected chi connectivity index (χ1v) is 6.01. The Morgan fingerprint density at radius 2 is 2.35 bits per heavy atom. The first kappa shape index (κ1) is 13.8. The Hall–Kier alpha value is -1.30. The lowest BCUT2D eigenvalue weighted by molar-refractivity contribution is 0.105. The standard InChI is InChI=1S/C11H15BrN2O3/c1-4-13-11(15)17-7(2)9-5-8(12)10(16-3)6-14-9/h5-7H,4H2,1-3H3,(H,13,15)/t7-/m1/s1. The second-order valence-electron chi connectivity index (χ2n) is 3.32. The predicted molar refractivity (Wildman–Crippen MR) is 67.1 cm³/mol. The van der Waals surface area contributed by atoms with Crippen LogP contribution < -0.4 is 10.1 Å². The Kier molecular flexibility index (Phi) is 5.21. The van der Waals surface area contributed by atoms with E-state index in [1.807, 2.05) is 6.92 Å². The topological polar surface area (TPSA) is 60.5 Å². The molecule has 0 saturated heterocycles. The van der Waals surface area contributed by atoms with Gasteiger partial charge in [0.05, 0.1) is 23.5 Å². The average Bonchev–Trinajstić information content (AvgIpc) is 2.29. The zero-order valence-electron chi connectivity index (χ0n) is 9.99. The van der Waals surface area contributed by atoms with Crippen molar-refractivity contribution in [3.05, 3.63) is 22.4 Å². The van der Waals surface area contributed by atoms with Gasteiger partial charge in [-0.15, -0.1) is 0 Å². The van der Waals surface area contributed by atoms with Crippen molar-refractivity contribution in [1.82, 2.24) is 10.3 Å². The van der Waals surface area contributed by atoms with E-state index in [1.165, 1.54) is 0 Å². The first-order valence-electron chi connectivity index (χ1n) is 5.22. The minimum atomic E-state index is -0.450. The van der Waals surface area contributed by atoms with Crippen molar-refractivity contribution in [2.75, 3.05) is 13.7 Å². The Morgan fingerprint density at radius 1 is 1.65 bits per heavy atom. The lowest BCUT2D eigenvalue weighted by Gasteiger charge is -2.13. The zero-order chi connectivity index (χ0) is 12.8. The van der Waals surface area contributed by atoms with Crippen LogP contribution in [-0.2, 0) is 4.74 Å². The molecule has 0 aromatic carbocycles. The van der Waals surface area contributed by atoms with Gasteiger partial charge in [-0.3, -0.25) is 4.98 Å². The smallest absolute Gasteiger partial charge is 0.407 e. The third-order valence-electron chi connectivity index (χ3n) is 2.08. The SMILES string of the molecule is CCNC(=O)O[C@H](C)c1cc(Br)c(OC)cn1. The van der Waals surface area contributed by atoms with E-state index < -0.39 is 12.2 Å². The number of rotatable bonds is 4. The molecule has 0 aliphatic heterocycles. The number of pyridine rings is 1. The summed E-state index contributed by atoms with van der Waals surface area (Å²) >= 11 is 3.35. The molecule has 1 heterocycles. The molecule has 5 nitrogen and oxygen atoms in total. The van der Waals surface area contributed by atoms with Crippen LogP contribution in [0.3, 0.4) is 0 Å². The highest BCUT2D eigenvalue weighted by molar-refractivity contribution is 9.10. The number of alkyl carbamates (subject to hydrolysis) is 1. The number of hydrogen-bond acceptors (Lipinski definition) is 4. The minimum Gasteiger partial charge on any atom is -0.494 e. The van der Waals surface area contributed by atoms with Gasteiger partial charge in [-0.05, 0) is 35.8 Å². The summed E-state index contributed by atoms with van der Waals surface area (Å²) in [6, 6.07) is 1.77. The molecule has 17 heavy (non-hydrogen) atoms. The number of aromatic nitrogens is 1. The van der Waals surface area contributed by atoms with Crippen molar-refractivity contribution in [2.45, 2.75) is 20.0 Å². The summed E-state index contributed by atoms with van der Waals surface area (Å²) in [5.74, 6) is 0.638. The molecule has 1 aromatic heterocycles. The fourth-order valence-corrected chi connectivity index (χ4v) is 1.71. The maximum atomic E-state index is 11.2. The number of ether oxygens (including phenoxy) is 2. The van der Waals surface area contributed by atoms with Crippen LogP contribution in [-0.4, -0.2) is 24.7 Å². The van der Waals surface area contributed by atoms with E-state index in [2.05, 4.69) is 26.2 Å². The second-order valence-corrected chi connectivity index (χ2v) is 4.18. The summed E-state index contributed by atoms with van der Waals surface area (Å²) in [6.07, 6.45) is 0.717. The summed E-state index contributed by atoms with van der Waals surface area (Å²) in [5.41, 5.74) is 0.656. The fourth-order valence-electron chi connectivity index (χ4n) is 1.21. The van der Waals surface area contributed by atoms with Crippen molar-refractivity contribution in [2.24, 2.45) is 0 Å². The van der Waals surface area contributed by atoms with Crippen LogP contribution in [0.1, 0.15) is 25.6 Å². The highest BCUT2D eigenvalue weighted by atomic mass is 79.9. The molecule has 1 N–H and O–H groups in total. The number of hydrogen-bond donors (Lipinski definition) is 1. The molecule has 1 rings (SSSR count). The van der Waals surface area contributed by atoms with E-state index in [0.717, 1.165) is 4.47 Å². The zero-order valence-corrected chi connectivity index (χ0v) is 11.6. The minimum absolute atomic E-state index is 0.413. The summed E-state index contributed by atoms with van der Waals surface area (Å²) in [6.45, 7) is 4.12. The van der Waals surface area contributed by atoms with Gasteiger partial charge in [-0.1, -0.05) is 0 Å². The van der Waals surface area contributed by atoms with Gasteiger partial charge >= 0.3 is 6.09 Å². The third kappa shape index (κ3) is 3.89. The number of halogens is 1. The molecule has 0 bridgehead atoms. The van der Waals surface area contributed by atoms with E-state index in [-0.39, 0.29) is 0 Å². The fraction of sp³-hybridized carbons (Fsp3) is 0.455. The van der Waals surface area contributed by atoms with Crippen LogP contribution >= 0.6 is 15.9 Å². The Balaban J connectivity index is 2.72. The van der Waals surface area contributed by atoms with Crippen LogP contribution in [0.2, 0.25) is 0 Å². The van der Waals surface area contributed by atoms with Gasteiger partial charge in [0.15, 0.2) is 5.75 Å². The molecular weight excluding hydrogens is 288 g/mol. The van der Waals surface area contributed by atoms with Gasteiger partial charge in [0.1, 0.15) is 6.10 Å². The predicted octanol–water partition coefficient (Wildman–Crippen LogP) is 2.66. The largest absolute Gasteiger partial charge is 0.494 e. The Labute approximate surface area is 109 Å². The van der Waals surface area contributed by atoms with Crippen LogP contribution in [0.5, 0.6) is 5.75 Å². The number of nitrogens with one attached hydrogen (secondary N) is 1. The van der Waals surface area contributed by atoms with Gasteiger partial charge in [-0.25, -0.2) is 4.79 Å². The molecule has 1 amide bonds. The van der Waals surface area contributed by atoms with Crippen LogP contribution in [0.15, 0.2) is 16.7 Å². The molecular formula is C11H15BrN2O3. The van der Waals surface area contributed by atoms with Gasteiger partial charge < -0.3 is 14.8 Å². The van der Waals surface area contributed by atoms with Crippen LogP contribution in [0.4, 0.5) is 4.79 Å². The second kappa shape index (κ2) is 6.44. The molecule has 0 fully saturated rings. The highest BCUT2D eigenvalue weighted by Crippen LogP contribution is 2.27. The summed E-state index contributed by atoms with van der Waals surface area (Å²) in [4.78, 5) is 15.4.